The third kappa shape index (κ3) is 4.00. The molecule has 2 nitrogen and oxygen atoms in total. The molecule has 0 saturated carbocycles. The van der Waals surface area contributed by atoms with Crippen molar-refractivity contribution in [3.05, 3.63) is 34.3 Å². The lowest BCUT2D eigenvalue weighted by atomic mass is 10.1. The summed E-state index contributed by atoms with van der Waals surface area (Å²) >= 11 is 9.41. The number of carbonyl (C=O) groups is 1. The molecule has 1 rings (SSSR count). The number of hydrogen-bond donors (Lipinski definition) is 1. The number of nitrogens with one attached hydrogen (secondary N) is 1. The van der Waals surface area contributed by atoms with E-state index in [0.717, 1.165) is 10.9 Å². The molecular weight excluding hydrogens is 302 g/mol. The highest BCUT2D eigenvalue weighted by Crippen LogP contribution is 2.17. The smallest absolute Gasteiger partial charge is 0.251 e. The molecule has 17 heavy (non-hydrogen) atoms. The minimum atomic E-state index is -0.0767. The Labute approximate surface area is 116 Å². The van der Waals surface area contributed by atoms with Gasteiger partial charge in [0.2, 0.25) is 0 Å². The maximum absolute atomic E-state index is 12.0. The van der Waals surface area contributed by atoms with Crippen LogP contribution in [0.2, 0.25) is 5.02 Å². The number of carbonyl (C=O) groups excluding carboxylic acids is 1. The van der Waals surface area contributed by atoms with Gasteiger partial charge in [-0.2, -0.15) is 0 Å². The molecule has 1 N–H and O–H groups in total. The van der Waals surface area contributed by atoms with Crippen molar-refractivity contribution in [2.75, 3.05) is 5.33 Å². The van der Waals surface area contributed by atoms with E-state index in [0.29, 0.717) is 16.5 Å². The molecule has 0 spiro atoms. The van der Waals surface area contributed by atoms with E-state index in [4.69, 9.17) is 11.6 Å². The molecule has 94 valence electrons. The number of benzene rings is 1. The van der Waals surface area contributed by atoms with Crippen LogP contribution < -0.4 is 5.32 Å². The number of halogens is 2. The summed E-state index contributed by atoms with van der Waals surface area (Å²) in [5.74, 6) is 0.312. The molecule has 0 fully saturated rings. The van der Waals surface area contributed by atoms with Gasteiger partial charge in [0.1, 0.15) is 0 Å². The molecule has 2 atom stereocenters. The van der Waals surface area contributed by atoms with Crippen molar-refractivity contribution in [2.24, 2.45) is 5.92 Å². The van der Waals surface area contributed by atoms with Crippen LogP contribution in [0.25, 0.3) is 0 Å². The van der Waals surface area contributed by atoms with E-state index < -0.39 is 0 Å². The molecule has 0 saturated heterocycles. The van der Waals surface area contributed by atoms with Crippen molar-refractivity contribution >= 4 is 33.4 Å². The first-order valence-electron chi connectivity index (χ1n) is 5.58. The summed E-state index contributed by atoms with van der Waals surface area (Å²) in [5, 5.41) is 4.45. The van der Waals surface area contributed by atoms with E-state index in [-0.39, 0.29) is 11.9 Å². The second kappa shape index (κ2) is 6.41. The molecule has 4 heteroatoms. The predicted molar refractivity (Wildman–Crippen MR) is 76.1 cm³/mol. The van der Waals surface area contributed by atoms with E-state index in [1.807, 2.05) is 19.9 Å². The molecule has 0 heterocycles. The van der Waals surface area contributed by atoms with Crippen LogP contribution in [0, 0.1) is 12.8 Å². The summed E-state index contributed by atoms with van der Waals surface area (Å²) < 4.78 is 0. The van der Waals surface area contributed by atoms with Gasteiger partial charge in [0.25, 0.3) is 5.91 Å². The third-order valence-electron chi connectivity index (χ3n) is 2.89. The maximum Gasteiger partial charge on any atom is 0.251 e. The summed E-state index contributed by atoms with van der Waals surface area (Å²) in [6.07, 6.45) is 0. The van der Waals surface area contributed by atoms with E-state index in [9.17, 15) is 4.79 Å². The fourth-order valence-corrected chi connectivity index (χ4v) is 2.04. The van der Waals surface area contributed by atoms with Gasteiger partial charge in [0, 0.05) is 22.0 Å². The fraction of sp³-hybridized carbons (Fsp3) is 0.462. The number of aryl methyl sites for hydroxylation is 1. The molecule has 0 radical (unpaired) electrons. The Morgan fingerprint density at radius 2 is 2.12 bits per heavy atom. The SMILES string of the molecule is Cc1ccc(C(=O)NC(C)C(C)CBr)cc1Cl. The Balaban J connectivity index is 2.73. The summed E-state index contributed by atoms with van der Waals surface area (Å²) in [5.41, 5.74) is 1.58. The summed E-state index contributed by atoms with van der Waals surface area (Å²) in [6.45, 7) is 6.00. The number of rotatable bonds is 4. The van der Waals surface area contributed by atoms with Gasteiger partial charge in [-0.25, -0.2) is 0 Å². The lowest BCUT2D eigenvalue weighted by molar-refractivity contribution is 0.0931. The number of hydrogen-bond acceptors (Lipinski definition) is 1. The first-order valence-corrected chi connectivity index (χ1v) is 7.08. The van der Waals surface area contributed by atoms with E-state index in [1.165, 1.54) is 0 Å². The van der Waals surface area contributed by atoms with E-state index in [1.54, 1.807) is 12.1 Å². The first-order chi connectivity index (χ1) is 7.95. The van der Waals surface area contributed by atoms with Crippen LogP contribution in [-0.4, -0.2) is 17.3 Å². The van der Waals surface area contributed by atoms with E-state index >= 15 is 0 Å². The van der Waals surface area contributed by atoms with Gasteiger partial charge in [0.05, 0.1) is 0 Å². The lowest BCUT2D eigenvalue weighted by Gasteiger charge is -2.19. The Morgan fingerprint density at radius 1 is 1.47 bits per heavy atom. The fourth-order valence-electron chi connectivity index (χ4n) is 1.30. The molecular formula is C13H17BrClNO. The second-order valence-electron chi connectivity index (χ2n) is 4.36. The molecule has 0 aliphatic rings. The number of amides is 1. The molecule has 2 unspecified atom stereocenters. The first kappa shape index (κ1) is 14.5. The zero-order valence-electron chi connectivity index (χ0n) is 10.3. The van der Waals surface area contributed by atoms with Crippen LogP contribution >= 0.6 is 27.5 Å². The van der Waals surface area contributed by atoms with Crippen LogP contribution in [0.4, 0.5) is 0 Å². The van der Waals surface area contributed by atoms with Gasteiger partial charge < -0.3 is 5.32 Å². The molecule has 0 aromatic heterocycles. The van der Waals surface area contributed by atoms with Crippen LogP contribution in [-0.2, 0) is 0 Å². The Bertz CT molecular complexity index is 408. The van der Waals surface area contributed by atoms with Gasteiger partial charge >= 0.3 is 0 Å². The average molecular weight is 319 g/mol. The summed E-state index contributed by atoms with van der Waals surface area (Å²) in [4.78, 5) is 12.0. The predicted octanol–water partition coefficient (Wildman–Crippen LogP) is 3.80. The third-order valence-corrected chi connectivity index (χ3v) is 4.32. The van der Waals surface area contributed by atoms with Crippen molar-refractivity contribution in [3.63, 3.8) is 0 Å². The minimum Gasteiger partial charge on any atom is -0.349 e. The lowest BCUT2D eigenvalue weighted by Crippen LogP contribution is -2.37. The molecule has 1 aromatic carbocycles. The quantitative estimate of drug-likeness (QED) is 0.841. The normalized spacial score (nSPS) is 14.2. The van der Waals surface area contributed by atoms with Gasteiger partial charge in [0.15, 0.2) is 0 Å². The zero-order valence-corrected chi connectivity index (χ0v) is 12.6. The Morgan fingerprint density at radius 3 is 2.65 bits per heavy atom. The van der Waals surface area contributed by atoms with Gasteiger partial charge in [-0.1, -0.05) is 40.5 Å². The average Bonchev–Trinajstić information content (AvgIpc) is 2.31. The van der Waals surface area contributed by atoms with Crippen LogP contribution in [0.15, 0.2) is 18.2 Å². The van der Waals surface area contributed by atoms with Crippen molar-refractivity contribution < 1.29 is 4.79 Å². The van der Waals surface area contributed by atoms with Crippen molar-refractivity contribution in [1.29, 1.82) is 0 Å². The molecule has 0 aliphatic carbocycles. The summed E-state index contributed by atoms with van der Waals surface area (Å²) in [6, 6.07) is 5.48. The molecule has 0 bridgehead atoms. The Hall–Kier alpha value is -0.540. The Kier molecular flexibility index (Phi) is 5.47. The van der Waals surface area contributed by atoms with E-state index in [2.05, 4.69) is 28.2 Å². The van der Waals surface area contributed by atoms with Crippen LogP contribution in [0.3, 0.4) is 0 Å². The summed E-state index contributed by atoms with van der Waals surface area (Å²) in [7, 11) is 0. The van der Waals surface area contributed by atoms with Gasteiger partial charge in [-0.3, -0.25) is 4.79 Å². The second-order valence-corrected chi connectivity index (χ2v) is 5.41. The topological polar surface area (TPSA) is 29.1 Å². The number of alkyl halides is 1. The monoisotopic (exact) mass is 317 g/mol. The van der Waals surface area contributed by atoms with Gasteiger partial charge in [-0.15, -0.1) is 0 Å². The molecule has 1 aromatic rings. The highest BCUT2D eigenvalue weighted by Gasteiger charge is 2.15. The highest BCUT2D eigenvalue weighted by molar-refractivity contribution is 9.09. The zero-order chi connectivity index (χ0) is 13.0. The minimum absolute atomic E-state index is 0.0767. The molecule has 0 aliphatic heterocycles. The van der Waals surface area contributed by atoms with Crippen LogP contribution in [0.5, 0.6) is 0 Å². The highest BCUT2D eigenvalue weighted by atomic mass is 79.9. The van der Waals surface area contributed by atoms with Gasteiger partial charge in [-0.05, 0) is 37.5 Å². The standard InChI is InChI=1S/C13H17BrClNO/c1-8-4-5-11(6-12(8)15)13(17)16-10(3)9(2)7-14/h4-6,9-10H,7H2,1-3H3,(H,16,17). The van der Waals surface area contributed by atoms with Crippen molar-refractivity contribution in [1.82, 2.24) is 5.32 Å². The maximum atomic E-state index is 12.0. The molecule has 1 amide bonds. The van der Waals surface area contributed by atoms with Crippen molar-refractivity contribution in [2.45, 2.75) is 26.8 Å². The van der Waals surface area contributed by atoms with Crippen LogP contribution in [0.1, 0.15) is 29.8 Å². The largest absolute Gasteiger partial charge is 0.349 e. The van der Waals surface area contributed by atoms with Crippen molar-refractivity contribution in [3.8, 4) is 0 Å².